The van der Waals surface area contributed by atoms with Crippen molar-refractivity contribution >= 4 is 30.4 Å². The number of carbonyl (C=O) groups excluding carboxylic acids is 3. The lowest BCUT2D eigenvalue weighted by molar-refractivity contribution is -0.125. The van der Waals surface area contributed by atoms with E-state index in [0.717, 1.165) is 46.6 Å². The maximum Gasteiger partial charge on any atom is 0.226 e. The normalized spacial score (nSPS) is 16.3. The van der Waals surface area contributed by atoms with Gasteiger partial charge in [-0.25, -0.2) is 0 Å². The molecule has 0 radical (unpaired) electrons. The Labute approximate surface area is 217 Å². The minimum atomic E-state index is -0.279. The summed E-state index contributed by atoms with van der Waals surface area (Å²) >= 11 is 1.67. The molecule has 0 bridgehead atoms. The first-order valence-electron chi connectivity index (χ1n) is 12.9. The van der Waals surface area contributed by atoms with Crippen molar-refractivity contribution in [3.05, 3.63) is 53.0 Å². The van der Waals surface area contributed by atoms with Gasteiger partial charge in [0.15, 0.2) is 0 Å². The van der Waals surface area contributed by atoms with Gasteiger partial charge in [-0.1, -0.05) is 12.1 Å². The van der Waals surface area contributed by atoms with Gasteiger partial charge in [0.2, 0.25) is 12.3 Å². The Balaban J connectivity index is 1.32. The highest BCUT2D eigenvalue weighted by molar-refractivity contribution is 7.98. The van der Waals surface area contributed by atoms with Gasteiger partial charge in [-0.15, -0.1) is 11.8 Å². The molecule has 0 spiro atoms. The maximum absolute atomic E-state index is 11.8. The molecule has 7 nitrogen and oxygen atoms in total. The third kappa shape index (κ3) is 7.54. The Morgan fingerprint density at radius 2 is 1.86 bits per heavy atom. The number of benzene rings is 1. The Morgan fingerprint density at radius 3 is 2.53 bits per heavy atom. The Hall–Kier alpha value is -2.42. The number of furan rings is 1. The lowest BCUT2D eigenvalue weighted by Crippen LogP contribution is -2.32. The molecule has 2 fully saturated rings. The number of hydrogen-bond acceptors (Lipinski definition) is 7. The molecule has 4 rings (SSSR count). The van der Waals surface area contributed by atoms with Crippen LogP contribution in [0, 0.1) is 11.8 Å². The number of thioether (sulfide) groups is 1. The molecule has 2 amide bonds. The molecule has 0 aliphatic heterocycles. The second-order valence-electron chi connectivity index (χ2n) is 10.2. The number of rotatable bonds is 16. The van der Waals surface area contributed by atoms with Crippen molar-refractivity contribution in [2.24, 2.45) is 11.8 Å². The zero-order valence-corrected chi connectivity index (χ0v) is 22.0. The van der Waals surface area contributed by atoms with Crippen LogP contribution in [-0.2, 0) is 28.4 Å². The van der Waals surface area contributed by atoms with Gasteiger partial charge >= 0.3 is 0 Å². The lowest BCUT2D eigenvalue weighted by atomic mass is 10.1. The summed E-state index contributed by atoms with van der Waals surface area (Å²) in [7, 11) is 1.99. The van der Waals surface area contributed by atoms with Crippen LogP contribution >= 0.6 is 11.8 Å². The molecule has 1 unspecified atom stereocenters. The molecule has 2 aromatic rings. The van der Waals surface area contributed by atoms with Crippen molar-refractivity contribution in [3.8, 4) is 0 Å². The van der Waals surface area contributed by atoms with Crippen LogP contribution in [0.1, 0.15) is 72.9 Å². The summed E-state index contributed by atoms with van der Waals surface area (Å²) in [6.07, 6.45) is 7.66. The van der Waals surface area contributed by atoms with Crippen molar-refractivity contribution in [2.45, 2.75) is 81.3 Å². The van der Waals surface area contributed by atoms with Gasteiger partial charge in [-0.2, -0.15) is 0 Å². The second kappa shape index (κ2) is 12.7. The van der Waals surface area contributed by atoms with E-state index in [2.05, 4.69) is 27.7 Å². The molecule has 1 aromatic heterocycles. The largest absolute Gasteiger partial charge is 0.464 e. The average molecular weight is 512 g/mol. The molecule has 2 N–H and O–H groups in total. The standard InChI is InChI=1S/C28H37N3O4S/c1-19(6-13-27(34)30-18-33)31(2)15-25-22(16-32)4-3-5-26(25)36-17-24-12-11-23(35-24)14-29-28(20-7-8-20)21-9-10-21/h3-5,11-12,16,18-21,28-29H,6-10,13-15,17H2,1-2H3,(H,30,33,34). The Bertz CT molecular complexity index is 1040. The van der Waals surface area contributed by atoms with E-state index < -0.39 is 0 Å². The van der Waals surface area contributed by atoms with Gasteiger partial charge in [-0.05, 0) is 81.7 Å². The molecule has 2 saturated carbocycles. The quantitative estimate of drug-likeness (QED) is 0.253. The summed E-state index contributed by atoms with van der Waals surface area (Å²) in [4.78, 5) is 37.0. The summed E-state index contributed by atoms with van der Waals surface area (Å²) in [5.41, 5.74) is 1.66. The first-order valence-corrected chi connectivity index (χ1v) is 13.9. The maximum atomic E-state index is 11.8. The highest BCUT2D eigenvalue weighted by Gasteiger charge is 2.41. The molecule has 194 valence electrons. The number of nitrogens with zero attached hydrogens (tertiary/aromatic N) is 1. The first-order chi connectivity index (χ1) is 17.5. The van der Waals surface area contributed by atoms with Gasteiger partial charge in [0, 0.05) is 35.5 Å². The van der Waals surface area contributed by atoms with Gasteiger partial charge < -0.3 is 9.73 Å². The molecular formula is C28H37N3O4S. The number of imide groups is 1. The molecular weight excluding hydrogens is 474 g/mol. The number of hydrogen-bond donors (Lipinski definition) is 2. The van der Waals surface area contributed by atoms with E-state index in [0.29, 0.717) is 36.7 Å². The van der Waals surface area contributed by atoms with Crippen molar-refractivity contribution in [1.82, 2.24) is 15.5 Å². The van der Waals surface area contributed by atoms with Crippen LogP contribution in [-0.4, -0.2) is 42.6 Å². The van der Waals surface area contributed by atoms with Crippen molar-refractivity contribution in [3.63, 3.8) is 0 Å². The topological polar surface area (TPSA) is 91.7 Å². The van der Waals surface area contributed by atoms with Crippen molar-refractivity contribution < 1.29 is 18.8 Å². The predicted molar refractivity (Wildman–Crippen MR) is 141 cm³/mol. The van der Waals surface area contributed by atoms with Crippen LogP contribution in [0.5, 0.6) is 0 Å². The van der Waals surface area contributed by atoms with Crippen LogP contribution in [0.3, 0.4) is 0 Å². The highest BCUT2D eigenvalue weighted by atomic mass is 32.2. The summed E-state index contributed by atoms with van der Waals surface area (Å²) in [6, 6.07) is 10.7. The fourth-order valence-corrected chi connectivity index (χ4v) is 5.68. The first kappa shape index (κ1) is 26.6. The van der Waals surface area contributed by atoms with E-state index in [1.807, 2.05) is 32.2 Å². The van der Waals surface area contributed by atoms with Crippen molar-refractivity contribution in [1.29, 1.82) is 0 Å². The SMILES string of the molecule is CC(CCC(=O)NC=O)N(C)Cc1c(C=O)cccc1SCc1ccc(CNC(C2CC2)C2CC2)o1. The summed E-state index contributed by atoms with van der Waals surface area (Å²) < 4.78 is 6.12. The third-order valence-electron chi connectivity index (χ3n) is 7.32. The molecule has 1 heterocycles. The predicted octanol–water partition coefficient (Wildman–Crippen LogP) is 4.54. The Kier molecular flexibility index (Phi) is 9.40. The van der Waals surface area contributed by atoms with Crippen LogP contribution in [0.4, 0.5) is 0 Å². The lowest BCUT2D eigenvalue weighted by Gasteiger charge is -2.26. The van der Waals surface area contributed by atoms with E-state index in [1.54, 1.807) is 11.8 Å². The van der Waals surface area contributed by atoms with Gasteiger partial charge in [0.1, 0.15) is 17.8 Å². The zero-order valence-electron chi connectivity index (χ0n) is 21.2. The van der Waals surface area contributed by atoms with Crippen LogP contribution in [0.15, 0.2) is 39.6 Å². The fourth-order valence-electron chi connectivity index (χ4n) is 4.69. The van der Waals surface area contributed by atoms with Crippen LogP contribution in [0.25, 0.3) is 0 Å². The van der Waals surface area contributed by atoms with Gasteiger partial charge in [-0.3, -0.25) is 24.6 Å². The third-order valence-corrected chi connectivity index (χ3v) is 8.45. The van der Waals surface area contributed by atoms with Crippen LogP contribution < -0.4 is 10.6 Å². The van der Waals surface area contributed by atoms with E-state index in [4.69, 9.17) is 4.42 Å². The Morgan fingerprint density at radius 1 is 1.14 bits per heavy atom. The molecule has 0 saturated heterocycles. The van der Waals surface area contributed by atoms with Crippen molar-refractivity contribution in [2.75, 3.05) is 7.05 Å². The summed E-state index contributed by atoms with van der Waals surface area (Å²) in [5.74, 6) is 4.04. The smallest absolute Gasteiger partial charge is 0.226 e. The molecule has 1 aromatic carbocycles. The number of nitrogens with one attached hydrogen (secondary N) is 2. The van der Waals surface area contributed by atoms with Gasteiger partial charge in [0.25, 0.3) is 0 Å². The molecule has 2 aliphatic carbocycles. The van der Waals surface area contributed by atoms with E-state index in [9.17, 15) is 14.4 Å². The minimum absolute atomic E-state index is 0.107. The van der Waals surface area contributed by atoms with E-state index in [1.165, 1.54) is 25.7 Å². The average Bonchev–Trinajstić information content (AvgIpc) is 3.82. The zero-order chi connectivity index (χ0) is 25.5. The summed E-state index contributed by atoms with van der Waals surface area (Å²) in [5, 5.41) is 5.92. The second-order valence-corrected chi connectivity index (χ2v) is 11.2. The molecule has 8 heteroatoms. The summed E-state index contributed by atoms with van der Waals surface area (Å²) in [6.45, 7) is 3.41. The fraction of sp³-hybridized carbons (Fsp3) is 0.536. The number of amides is 2. The van der Waals surface area contributed by atoms with E-state index in [-0.39, 0.29) is 18.4 Å². The minimum Gasteiger partial charge on any atom is -0.464 e. The van der Waals surface area contributed by atoms with E-state index >= 15 is 0 Å². The van der Waals surface area contributed by atoms with Gasteiger partial charge in [0.05, 0.1) is 12.3 Å². The monoisotopic (exact) mass is 511 g/mol. The molecule has 36 heavy (non-hydrogen) atoms. The number of aldehydes is 1. The number of carbonyl (C=O) groups is 3. The van der Waals surface area contributed by atoms with Crippen LogP contribution in [0.2, 0.25) is 0 Å². The highest BCUT2D eigenvalue weighted by Crippen LogP contribution is 2.44. The molecule has 1 atom stereocenters. The molecule has 2 aliphatic rings.